The monoisotopic (exact) mass is 376 g/mol. The van der Waals surface area contributed by atoms with Crippen molar-refractivity contribution in [1.82, 2.24) is 5.32 Å². The number of ether oxygens (including phenoxy) is 1. The van der Waals surface area contributed by atoms with Crippen LogP contribution in [0.4, 0.5) is 5.69 Å². The molecule has 0 aliphatic rings. The molecule has 2 aromatic rings. The fourth-order valence-electron chi connectivity index (χ4n) is 2.36. The van der Waals surface area contributed by atoms with Gasteiger partial charge in [0.05, 0.1) is 18.5 Å². The van der Waals surface area contributed by atoms with Crippen molar-refractivity contribution in [3.05, 3.63) is 60.2 Å². The summed E-state index contributed by atoms with van der Waals surface area (Å²) in [5.41, 5.74) is 1.57. The van der Waals surface area contributed by atoms with Crippen LogP contribution in [0.2, 0.25) is 0 Å². The summed E-state index contributed by atoms with van der Waals surface area (Å²) in [5, 5.41) is 2.68. The van der Waals surface area contributed by atoms with Crippen LogP contribution in [0.15, 0.2) is 54.6 Å². The maximum absolute atomic E-state index is 12.1. The highest BCUT2D eigenvalue weighted by Crippen LogP contribution is 2.18. The second kappa shape index (κ2) is 9.24. The summed E-state index contributed by atoms with van der Waals surface area (Å²) in [5.74, 6) is 0.335. The van der Waals surface area contributed by atoms with Crippen molar-refractivity contribution in [3.63, 3.8) is 0 Å². The van der Waals surface area contributed by atoms with Crippen molar-refractivity contribution < 1.29 is 17.9 Å². The van der Waals surface area contributed by atoms with Crippen molar-refractivity contribution in [2.24, 2.45) is 0 Å². The Morgan fingerprint density at radius 3 is 2.31 bits per heavy atom. The van der Waals surface area contributed by atoms with E-state index in [0.29, 0.717) is 18.8 Å². The van der Waals surface area contributed by atoms with Gasteiger partial charge in [0.25, 0.3) is 0 Å². The summed E-state index contributed by atoms with van der Waals surface area (Å²) in [6.45, 7) is 2.35. The molecule has 7 heteroatoms. The lowest BCUT2D eigenvalue weighted by Crippen LogP contribution is -2.41. The van der Waals surface area contributed by atoms with Gasteiger partial charge in [0.1, 0.15) is 18.9 Å². The number of hydrogen-bond donors (Lipinski definition) is 1. The Hall–Kier alpha value is -2.54. The molecule has 0 bridgehead atoms. The van der Waals surface area contributed by atoms with E-state index in [-0.39, 0.29) is 12.5 Å². The van der Waals surface area contributed by atoms with Gasteiger partial charge in [-0.05, 0) is 36.2 Å². The summed E-state index contributed by atoms with van der Waals surface area (Å²) >= 11 is 0. The van der Waals surface area contributed by atoms with Gasteiger partial charge in [0.2, 0.25) is 15.9 Å². The second-order valence-electron chi connectivity index (χ2n) is 5.80. The number of rotatable bonds is 9. The minimum atomic E-state index is -3.56. The highest BCUT2D eigenvalue weighted by atomic mass is 32.2. The standard InChI is InChI=1S/C19H24N2O4S/c1-3-16-9-11-17(12-10-16)21(26(2,23)24)15-19(22)20-13-14-25-18-7-5-4-6-8-18/h4-12H,3,13-15H2,1-2H3,(H,20,22). The highest BCUT2D eigenvalue weighted by molar-refractivity contribution is 7.92. The van der Waals surface area contributed by atoms with Gasteiger partial charge in [-0.1, -0.05) is 37.3 Å². The summed E-state index contributed by atoms with van der Waals surface area (Å²) in [4.78, 5) is 12.1. The predicted octanol–water partition coefficient (Wildman–Crippen LogP) is 2.21. The van der Waals surface area contributed by atoms with Gasteiger partial charge >= 0.3 is 0 Å². The number of benzene rings is 2. The van der Waals surface area contributed by atoms with Gasteiger partial charge in [-0.2, -0.15) is 0 Å². The third-order valence-corrected chi connectivity index (χ3v) is 4.90. The maximum atomic E-state index is 12.1. The molecule has 1 N–H and O–H groups in total. The Labute approximate surface area is 154 Å². The molecule has 0 saturated carbocycles. The number of amides is 1. The van der Waals surface area contributed by atoms with E-state index in [2.05, 4.69) is 5.32 Å². The first-order chi connectivity index (χ1) is 12.4. The van der Waals surface area contributed by atoms with Crippen LogP contribution in [-0.2, 0) is 21.2 Å². The SMILES string of the molecule is CCc1ccc(N(CC(=O)NCCOc2ccccc2)S(C)(=O)=O)cc1. The molecule has 0 aliphatic carbocycles. The van der Waals surface area contributed by atoms with Crippen LogP contribution in [-0.4, -0.2) is 40.3 Å². The fraction of sp³-hybridized carbons (Fsp3) is 0.316. The molecule has 2 aromatic carbocycles. The maximum Gasteiger partial charge on any atom is 0.240 e. The zero-order valence-corrected chi connectivity index (χ0v) is 15.8. The van der Waals surface area contributed by atoms with Crippen LogP contribution in [0, 0.1) is 0 Å². The molecule has 0 fully saturated rings. The molecule has 0 unspecified atom stereocenters. The summed E-state index contributed by atoms with van der Waals surface area (Å²) in [6, 6.07) is 16.4. The summed E-state index contributed by atoms with van der Waals surface area (Å²) in [7, 11) is -3.56. The number of nitrogens with one attached hydrogen (secondary N) is 1. The lowest BCUT2D eigenvalue weighted by atomic mass is 10.1. The summed E-state index contributed by atoms with van der Waals surface area (Å²) in [6.07, 6.45) is 1.95. The van der Waals surface area contributed by atoms with Gasteiger partial charge in [0.15, 0.2) is 0 Å². The number of anilines is 1. The third kappa shape index (κ3) is 6.07. The Morgan fingerprint density at radius 1 is 1.08 bits per heavy atom. The number of sulfonamides is 1. The number of nitrogens with zero attached hydrogens (tertiary/aromatic N) is 1. The molecular formula is C19H24N2O4S. The second-order valence-corrected chi connectivity index (χ2v) is 7.71. The van der Waals surface area contributed by atoms with Crippen LogP contribution in [0.25, 0.3) is 0 Å². The van der Waals surface area contributed by atoms with E-state index in [4.69, 9.17) is 4.74 Å². The quantitative estimate of drug-likeness (QED) is 0.681. The molecule has 1 amide bonds. The van der Waals surface area contributed by atoms with Crippen LogP contribution >= 0.6 is 0 Å². The average molecular weight is 376 g/mol. The third-order valence-electron chi connectivity index (χ3n) is 3.76. The average Bonchev–Trinajstić information content (AvgIpc) is 2.63. The van der Waals surface area contributed by atoms with Crippen molar-refractivity contribution in [3.8, 4) is 5.75 Å². The van der Waals surface area contributed by atoms with Gasteiger partial charge in [-0.25, -0.2) is 8.42 Å². The van der Waals surface area contributed by atoms with Crippen molar-refractivity contribution >= 4 is 21.6 Å². The zero-order valence-electron chi connectivity index (χ0n) is 15.0. The molecular weight excluding hydrogens is 352 g/mol. The molecule has 140 valence electrons. The van der Waals surface area contributed by atoms with E-state index >= 15 is 0 Å². The molecule has 0 radical (unpaired) electrons. The van der Waals surface area contributed by atoms with Crippen molar-refractivity contribution in [2.75, 3.05) is 30.3 Å². The van der Waals surface area contributed by atoms with Gasteiger partial charge in [0, 0.05) is 0 Å². The van der Waals surface area contributed by atoms with Crippen LogP contribution < -0.4 is 14.4 Å². The van der Waals surface area contributed by atoms with E-state index in [1.54, 1.807) is 12.1 Å². The van der Waals surface area contributed by atoms with E-state index in [0.717, 1.165) is 28.3 Å². The Bertz CT molecular complexity index is 805. The minimum absolute atomic E-state index is 0.268. The van der Waals surface area contributed by atoms with E-state index in [1.807, 2.05) is 49.4 Å². The molecule has 6 nitrogen and oxygen atoms in total. The largest absolute Gasteiger partial charge is 0.492 e. The number of hydrogen-bond acceptors (Lipinski definition) is 4. The van der Waals surface area contributed by atoms with Crippen LogP contribution in [0.1, 0.15) is 12.5 Å². The number of carbonyl (C=O) groups is 1. The Kier molecular flexibility index (Phi) is 7.03. The van der Waals surface area contributed by atoms with Gasteiger partial charge in [-0.15, -0.1) is 0 Å². The molecule has 0 heterocycles. The molecule has 2 rings (SSSR count). The normalized spacial score (nSPS) is 11.0. The molecule has 0 aliphatic heterocycles. The lowest BCUT2D eigenvalue weighted by molar-refractivity contribution is -0.119. The molecule has 0 atom stereocenters. The first-order valence-electron chi connectivity index (χ1n) is 8.41. The highest BCUT2D eigenvalue weighted by Gasteiger charge is 2.20. The smallest absolute Gasteiger partial charge is 0.240 e. The van der Waals surface area contributed by atoms with Crippen molar-refractivity contribution in [2.45, 2.75) is 13.3 Å². The Morgan fingerprint density at radius 2 is 1.73 bits per heavy atom. The van der Waals surface area contributed by atoms with E-state index in [1.165, 1.54) is 0 Å². The first kappa shape index (κ1) is 19.8. The molecule has 0 spiro atoms. The first-order valence-corrected chi connectivity index (χ1v) is 10.3. The zero-order chi connectivity index (χ0) is 19.0. The van der Waals surface area contributed by atoms with E-state index in [9.17, 15) is 13.2 Å². The fourth-order valence-corrected chi connectivity index (χ4v) is 3.22. The number of carbonyl (C=O) groups excluding carboxylic acids is 1. The Balaban J connectivity index is 1.90. The number of para-hydroxylation sites is 1. The van der Waals surface area contributed by atoms with Gasteiger partial charge < -0.3 is 10.1 Å². The topological polar surface area (TPSA) is 75.7 Å². The van der Waals surface area contributed by atoms with E-state index < -0.39 is 10.0 Å². The predicted molar refractivity (Wildman–Crippen MR) is 103 cm³/mol. The van der Waals surface area contributed by atoms with Crippen LogP contribution in [0.3, 0.4) is 0 Å². The molecule has 0 aromatic heterocycles. The molecule has 0 saturated heterocycles. The molecule has 26 heavy (non-hydrogen) atoms. The van der Waals surface area contributed by atoms with Gasteiger partial charge in [-0.3, -0.25) is 9.10 Å². The van der Waals surface area contributed by atoms with Crippen molar-refractivity contribution in [1.29, 1.82) is 0 Å². The summed E-state index contributed by atoms with van der Waals surface area (Å²) < 4.78 is 30.7. The number of aryl methyl sites for hydroxylation is 1. The minimum Gasteiger partial charge on any atom is -0.492 e. The lowest BCUT2D eigenvalue weighted by Gasteiger charge is -2.22. The van der Waals surface area contributed by atoms with Crippen LogP contribution in [0.5, 0.6) is 5.75 Å².